The molecule has 0 atom stereocenters. The van der Waals surface area contributed by atoms with E-state index in [4.69, 9.17) is 0 Å². The van der Waals surface area contributed by atoms with Crippen molar-refractivity contribution in [2.45, 2.75) is 46.5 Å². The highest BCUT2D eigenvalue weighted by molar-refractivity contribution is 5.01. The number of rotatable bonds is 2. The summed E-state index contributed by atoms with van der Waals surface area (Å²) in [6.45, 7) is 10.6. The Morgan fingerprint density at radius 3 is 2.21 bits per heavy atom. The lowest BCUT2D eigenvalue weighted by atomic mass is 9.76. The van der Waals surface area contributed by atoms with E-state index in [-0.39, 0.29) is 10.8 Å². The second-order valence-corrected chi connectivity index (χ2v) is 5.56. The second kappa shape index (κ2) is 3.26. The van der Waals surface area contributed by atoms with Gasteiger partial charge in [-0.3, -0.25) is 9.51 Å². The molecule has 0 bridgehead atoms. The summed E-state index contributed by atoms with van der Waals surface area (Å²) in [6, 6.07) is 0. The van der Waals surface area contributed by atoms with Gasteiger partial charge in [-0.25, -0.2) is 4.79 Å². The third kappa shape index (κ3) is 2.72. The van der Waals surface area contributed by atoms with Crippen LogP contribution in [0.25, 0.3) is 0 Å². The predicted octanol–water partition coefficient (Wildman–Crippen LogP) is 2.08. The molecule has 0 fully saturated rings. The fourth-order valence-electron chi connectivity index (χ4n) is 1.93. The van der Waals surface area contributed by atoms with Crippen molar-refractivity contribution in [3.63, 3.8) is 0 Å². The summed E-state index contributed by atoms with van der Waals surface area (Å²) in [4.78, 5) is 13.4. The molecule has 1 heterocycles. The van der Waals surface area contributed by atoms with Crippen LogP contribution in [0.3, 0.4) is 0 Å². The molecular weight excluding hydrogens is 180 g/mol. The van der Waals surface area contributed by atoms with Crippen molar-refractivity contribution in [1.29, 1.82) is 0 Å². The number of hydrogen-bond donors (Lipinski definition) is 1. The van der Waals surface area contributed by atoms with Crippen LogP contribution in [0, 0.1) is 5.41 Å². The van der Waals surface area contributed by atoms with Gasteiger partial charge in [-0.2, -0.15) is 0 Å². The van der Waals surface area contributed by atoms with Gasteiger partial charge in [0, 0.05) is 5.41 Å². The minimum Gasteiger partial charge on any atom is -0.296 e. The van der Waals surface area contributed by atoms with Crippen molar-refractivity contribution in [1.82, 2.24) is 10.1 Å². The average Bonchev–Trinajstić information content (AvgIpc) is 2.29. The normalized spacial score (nSPS) is 13.2. The Hall–Kier alpha value is -1.06. The molecule has 4 nitrogen and oxygen atoms in total. The number of H-pyrrole nitrogens is 1. The van der Waals surface area contributed by atoms with Gasteiger partial charge in [0.1, 0.15) is 0 Å². The van der Waals surface area contributed by atoms with Crippen LogP contribution in [0.2, 0.25) is 0 Å². The molecule has 1 rings (SSSR count). The molecule has 1 aromatic rings. The smallest absolute Gasteiger partial charge is 0.296 e. The Balaban J connectivity index is 2.91. The molecule has 0 radical (unpaired) electrons. The summed E-state index contributed by atoms with van der Waals surface area (Å²) >= 11 is 0. The molecule has 1 N–H and O–H groups in total. The van der Waals surface area contributed by atoms with Crippen LogP contribution in [0.5, 0.6) is 0 Å². The van der Waals surface area contributed by atoms with Crippen molar-refractivity contribution >= 4 is 0 Å². The van der Waals surface area contributed by atoms with E-state index in [9.17, 15) is 4.79 Å². The molecule has 0 saturated heterocycles. The van der Waals surface area contributed by atoms with Gasteiger partial charge < -0.3 is 0 Å². The van der Waals surface area contributed by atoms with E-state index < -0.39 is 5.76 Å². The van der Waals surface area contributed by atoms with Crippen LogP contribution in [-0.2, 0) is 5.41 Å². The van der Waals surface area contributed by atoms with Crippen molar-refractivity contribution in [3.8, 4) is 0 Å². The van der Waals surface area contributed by atoms with Gasteiger partial charge in [0.05, 0.1) is 0 Å². The third-order valence-corrected chi connectivity index (χ3v) is 2.05. The number of aromatic nitrogens is 2. The first kappa shape index (κ1) is 11.0. The largest absolute Gasteiger partial charge is 0.438 e. The lowest BCUT2D eigenvalue weighted by Gasteiger charge is -2.29. The van der Waals surface area contributed by atoms with Gasteiger partial charge in [0.15, 0.2) is 5.82 Å². The first-order chi connectivity index (χ1) is 6.21. The monoisotopic (exact) mass is 198 g/mol. The summed E-state index contributed by atoms with van der Waals surface area (Å²) in [5, 5.41) is 3.73. The Morgan fingerprint density at radius 1 is 1.29 bits per heavy atom. The maximum atomic E-state index is 10.8. The SMILES string of the molecule is CC(C)(C)CC(C)(C)c1noc(=O)[nH]1. The van der Waals surface area contributed by atoms with Crippen LogP contribution >= 0.6 is 0 Å². The second-order valence-electron chi connectivity index (χ2n) is 5.56. The highest BCUT2D eigenvalue weighted by Gasteiger charge is 2.30. The van der Waals surface area contributed by atoms with Crippen molar-refractivity contribution in [2.24, 2.45) is 5.41 Å². The van der Waals surface area contributed by atoms with Gasteiger partial charge in [0.25, 0.3) is 0 Å². The fourth-order valence-corrected chi connectivity index (χ4v) is 1.93. The number of nitrogens with one attached hydrogen (secondary N) is 1. The third-order valence-electron chi connectivity index (χ3n) is 2.05. The number of nitrogens with zero attached hydrogens (tertiary/aromatic N) is 1. The molecular formula is C10H18N2O2. The molecule has 80 valence electrons. The molecule has 0 amide bonds. The number of hydrogen-bond acceptors (Lipinski definition) is 3. The van der Waals surface area contributed by atoms with E-state index in [2.05, 4.69) is 35.4 Å². The lowest BCUT2D eigenvalue weighted by Crippen LogP contribution is -2.26. The lowest BCUT2D eigenvalue weighted by molar-refractivity contribution is 0.266. The Morgan fingerprint density at radius 2 is 1.86 bits per heavy atom. The van der Waals surface area contributed by atoms with E-state index >= 15 is 0 Å². The number of aromatic amines is 1. The van der Waals surface area contributed by atoms with E-state index in [0.717, 1.165) is 6.42 Å². The van der Waals surface area contributed by atoms with Gasteiger partial charge in [-0.15, -0.1) is 0 Å². The maximum Gasteiger partial charge on any atom is 0.438 e. The highest BCUT2D eigenvalue weighted by Crippen LogP contribution is 2.33. The quantitative estimate of drug-likeness (QED) is 0.791. The maximum absolute atomic E-state index is 10.8. The topological polar surface area (TPSA) is 58.9 Å². The van der Waals surface area contributed by atoms with E-state index in [1.54, 1.807) is 0 Å². The first-order valence-corrected chi connectivity index (χ1v) is 4.77. The molecule has 0 aliphatic rings. The van der Waals surface area contributed by atoms with Crippen molar-refractivity contribution in [3.05, 3.63) is 16.4 Å². The van der Waals surface area contributed by atoms with Gasteiger partial charge in [-0.1, -0.05) is 39.8 Å². The Bertz CT molecular complexity index is 355. The van der Waals surface area contributed by atoms with Crippen LogP contribution in [0.1, 0.15) is 46.9 Å². The van der Waals surface area contributed by atoms with E-state index in [1.165, 1.54) is 0 Å². The van der Waals surface area contributed by atoms with Gasteiger partial charge in [-0.05, 0) is 11.8 Å². The van der Waals surface area contributed by atoms with E-state index in [1.807, 2.05) is 13.8 Å². The summed E-state index contributed by atoms with van der Waals surface area (Å²) in [5.74, 6) is 0.138. The Kier molecular flexibility index (Phi) is 2.56. The van der Waals surface area contributed by atoms with E-state index in [0.29, 0.717) is 5.82 Å². The summed E-state index contributed by atoms with van der Waals surface area (Å²) < 4.78 is 4.50. The summed E-state index contributed by atoms with van der Waals surface area (Å²) in [6.07, 6.45) is 0.933. The molecule has 0 unspecified atom stereocenters. The molecule has 0 aliphatic carbocycles. The molecule has 0 saturated carbocycles. The molecule has 0 aromatic carbocycles. The average molecular weight is 198 g/mol. The zero-order valence-electron chi connectivity index (χ0n) is 9.47. The molecule has 14 heavy (non-hydrogen) atoms. The zero-order valence-corrected chi connectivity index (χ0v) is 9.47. The van der Waals surface area contributed by atoms with Crippen LogP contribution in [0.15, 0.2) is 9.32 Å². The standard InChI is InChI=1S/C10H18N2O2/c1-9(2,3)6-10(4,5)7-11-8(13)14-12-7/h6H2,1-5H3,(H,11,12,13). The zero-order chi connectivity index (χ0) is 11.0. The van der Waals surface area contributed by atoms with Gasteiger partial charge in [0.2, 0.25) is 0 Å². The van der Waals surface area contributed by atoms with Crippen LogP contribution in [0.4, 0.5) is 0 Å². The van der Waals surface area contributed by atoms with Crippen LogP contribution < -0.4 is 5.76 Å². The minimum atomic E-state index is -0.484. The fraction of sp³-hybridized carbons (Fsp3) is 0.800. The summed E-state index contributed by atoms with van der Waals surface area (Å²) in [7, 11) is 0. The highest BCUT2D eigenvalue weighted by atomic mass is 16.5. The summed E-state index contributed by atoms with van der Waals surface area (Å²) in [5.41, 5.74) is 0.0315. The predicted molar refractivity (Wildman–Crippen MR) is 54.2 cm³/mol. The van der Waals surface area contributed by atoms with Crippen molar-refractivity contribution < 1.29 is 4.52 Å². The minimum absolute atomic E-state index is 0.162. The van der Waals surface area contributed by atoms with Gasteiger partial charge >= 0.3 is 5.76 Å². The molecule has 0 spiro atoms. The molecule has 0 aliphatic heterocycles. The van der Waals surface area contributed by atoms with Crippen molar-refractivity contribution in [2.75, 3.05) is 0 Å². The molecule has 4 heteroatoms. The first-order valence-electron chi connectivity index (χ1n) is 4.77. The Labute approximate surface area is 83.7 Å². The molecule has 1 aromatic heterocycles. The van der Waals surface area contributed by atoms with Crippen LogP contribution in [-0.4, -0.2) is 10.1 Å².